The van der Waals surface area contributed by atoms with Crippen LogP contribution in [0.1, 0.15) is 29.0 Å². The molecular weight excluding hydrogens is 518 g/mol. The summed E-state index contributed by atoms with van der Waals surface area (Å²) in [5, 5.41) is 12.5. The third-order valence-electron chi connectivity index (χ3n) is 8.01. The lowest BCUT2D eigenvalue weighted by atomic mass is 9.76. The number of likely N-dealkylation sites (N-methyl/N-ethyl adjacent to an activating group) is 1. The van der Waals surface area contributed by atoms with E-state index in [1.807, 2.05) is 78.7 Å². The summed E-state index contributed by atoms with van der Waals surface area (Å²) in [5.74, 6) is -1.39. The second-order valence-corrected chi connectivity index (χ2v) is 11.0. The number of carboxylic acids is 1. The molecule has 1 fully saturated rings. The molecule has 5 rings (SSSR count). The molecule has 1 aliphatic heterocycles. The normalized spacial score (nSPS) is 15.8. The molecule has 2 N–H and O–H groups in total. The highest BCUT2D eigenvalue weighted by atomic mass is 16.5. The molecule has 1 aliphatic carbocycles. The molecule has 1 unspecified atom stereocenters. The highest BCUT2D eigenvalue weighted by Crippen LogP contribution is 2.44. The third kappa shape index (κ3) is 5.88. The van der Waals surface area contributed by atoms with Crippen molar-refractivity contribution in [2.75, 3.05) is 33.3 Å². The van der Waals surface area contributed by atoms with Crippen molar-refractivity contribution in [3.8, 4) is 11.1 Å². The van der Waals surface area contributed by atoms with Crippen LogP contribution in [0.3, 0.4) is 0 Å². The van der Waals surface area contributed by atoms with E-state index >= 15 is 0 Å². The number of alkyl carbamates (subject to hydrolysis) is 1. The van der Waals surface area contributed by atoms with Gasteiger partial charge in [0.25, 0.3) is 0 Å². The summed E-state index contributed by atoms with van der Waals surface area (Å²) in [4.78, 5) is 42.0. The van der Waals surface area contributed by atoms with Crippen molar-refractivity contribution in [2.24, 2.45) is 5.41 Å². The van der Waals surface area contributed by atoms with Crippen LogP contribution in [-0.4, -0.2) is 72.2 Å². The summed E-state index contributed by atoms with van der Waals surface area (Å²) in [5.41, 5.74) is 4.50. The molecule has 0 spiro atoms. The van der Waals surface area contributed by atoms with Crippen molar-refractivity contribution in [2.45, 2.75) is 24.9 Å². The van der Waals surface area contributed by atoms with Crippen LogP contribution >= 0.6 is 0 Å². The molecule has 1 heterocycles. The number of benzene rings is 3. The molecule has 1 saturated heterocycles. The topological polar surface area (TPSA) is 99.2 Å². The lowest BCUT2D eigenvalue weighted by Gasteiger charge is -2.48. The van der Waals surface area contributed by atoms with E-state index in [0.717, 1.165) is 27.8 Å². The Morgan fingerprint density at radius 2 is 1.61 bits per heavy atom. The van der Waals surface area contributed by atoms with Gasteiger partial charge in [0.1, 0.15) is 18.1 Å². The summed E-state index contributed by atoms with van der Waals surface area (Å²) in [6.07, 6.45) is 1.15. The SMILES string of the molecule is C=CCC1(C(=O)O)CN(C(=O)C(CN(C)Cc2ccccc2)NC(=O)OCC2c3ccccc3-c3ccccc32)C1. The van der Waals surface area contributed by atoms with Crippen LogP contribution in [0.15, 0.2) is 91.5 Å². The number of carboxylic acid groups (broad SMARTS) is 1. The maximum absolute atomic E-state index is 13.6. The van der Waals surface area contributed by atoms with E-state index in [0.29, 0.717) is 6.54 Å². The number of hydrogen-bond acceptors (Lipinski definition) is 5. The number of likely N-dealkylation sites (tertiary alicyclic amines) is 1. The van der Waals surface area contributed by atoms with Gasteiger partial charge in [-0.1, -0.05) is 84.9 Å². The van der Waals surface area contributed by atoms with E-state index < -0.39 is 23.5 Å². The van der Waals surface area contributed by atoms with Crippen molar-refractivity contribution >= 4 is 18.0 Å². The molecule has 1 atom stereocenters. The smallest absolute Gasteiger partial charge is 0.407 e. The fourth-order valence-electron chi connectivity index (χ4n) is 5.93. The molecule has 8 nitrogen and oxygen atoms in total. The minimum Gasteiger partial charge on any atom is -0.481 e. The number of hydrogen-bond donors (Lipinski definition) is 2. The van der Waals surface area contributed by atoms with Crippen molar-refractivity contribution in [3.63, 3.8) is 0 Å². The summed E-state index contributed by atoms with van der Waals surface area (Å²) < 4.78 is 5.72. The predicted octanol–water partition coefficient (Wildman–Crippen LogP) is 4.52. The van der Waals surface area contributed by atoms with E-state index in [4.69, 9.17) is 4.74 Å². The summed E-state index contributed by atoms with van der Waals surface area (Å²) in [6.45, 7) is 4.74. The van der Waals surface area contributed by atoms with Crippen molar-refractivity contribution in [1.29, 1.82) is 0 Å². The van der Waals surface area contributed by atoms with Gasteiger partial charge in [-0.3, -0.25) is 14.5 Å². The Bertz CT molecular complexity index is 1390. The monoisotopic (exact) mass is 553 g/mol. The van der Waals surface area contributed by atoms with Crippen molar-refractivity contribution in [3.05, 3.63) is 108 Å². The lowest BCUT2D eigenvalue weighted by Crippen LogP contribution is -2.66. The average molecular weight is 554 g/mol. The molecule has 8 heteroatoms. The van der Waals surface area contributed by atoms with Gasteiger partial charge in [-0.25, -0.2) is 4.79 Å². The minimum absolute atomic E-state index is 0.0679. The first kappa shape index (κ1) is 28.1. The Morgan fingerprint density at radius 3 is 2.20 bits per heavy atom. The first-order valence-electron chi connectivity index (χ1n) is 13.8. The molecule has 0 saturated carbocycles. The quantitative estimate of drug-likeness (QED) is 0.339. The molecule has 212 valence electrons. The highest BCUT2D eigenvalue weighted by molar-refractivity contribution is 5.89. The van der Waals surface area contributed by atoms with Crippen molar-refractivity contribution < 1.29 is 24.2 Å². The number of amides is 2. The standard InChI is InChI=1S/C33H35N3O5/c1-3-17-33(31(38)39)21-36(22-33)30(37)29(19-35(2)18-23-11-5-4-6-12-23)34-32(40)41-20-28-26-15-9-7-13-24(26)25-14-8-10-16-27(25)28/h3-16,28-29H,1,17-22H2,2H3,(H,34,40)(H,38,39). The fraction of sp³-hybridized carbons (Fsp3) is 0.303. The number of nitrogens with zero attached hydrogens (tertiary/aromatic N) is 2. The predicted molar refractivity (Wildman–Crippen MR) is 156 cm³/mol. The molecule has 0 aromatic heterocycles. The summed E-state index contributed by atoms with van der Waals surface area (Å²) in [6, 6.07) is 25.1. The summed E-state index contributed by atoms with van der Waals surface area (Å²) >= 11 is 0. The first-order valence-corrected chi connectivity index (χ1v) is 13.8. The Hall–Kier alpha value is -4.43. The summed E-state index contributed by atoms with van der Waals surface area (Å²) in [7, 11) is 1.88. The van der Waals surface area contributed by atoms with Crippen molar-refractivity contribution in [1.82, 2.24) is 15.1 Å². The first-order chi connectivity index (χ1) is 19.8. The molecule has 41 heavy (non-hydrogen) atoms. The lowest BCUT2D eigenvalue weighted by molar-refractivity contribution is -0.166. The maximum atomic E-state index is 13.6. The second-order valence-electron chi connectivity index (χ2n) is 11.0. The Kier molecular flexibility index (Phi) is 8.21. The molecule has 2 amide bonds. The van der Waals surface area contributed by atoms with Gasteiger partial charge in [-0.2, -0.15) is 0 Å². The van der Waals surface area contributed by atoms with Crippen LogP contribution in [0.2, 0.25) is 0 Å². The van der Waals surface area contributed by atoms with Crippen LogP contribution in [-0.2, 0) is 20.9 Å². The zero-order chi connectivity index (χ0) is 29.0. The van der Waals surface area contributed by atoms with Gasteiger partial charge >= 0.3 is 12.1 Å². The van der Waals surface area contributed by atoms with Gasteiger partial charge in [-0.05, 0) is 41.3 Å². The number of fused-ring (bicyclic) bond motifs is 3. The Labute approximate surface area is 240 Å². The van der Waals surface area contributed by atoms with Gasteiger partial charge in [0.05, 0.1) is 0 Å². The zero-order valence-electron chi connectivity index (χ0n) is 23.2. The number of nitrogens with one attached hydrogen (secondary N) is 1. The third-order valence-corrected chi connectivity index (χ3v) is 8.01. The number of carbonyl (C=O) groups excluding carboxylic acids is 2. The van der Waals surface area contributed by atoms with E-state index in [9.17, 15) is 19.5 Å². The van der Waals surface area contributed by atoms with Gasteiger partial charge in [0, 0.05) is 32.1 Å². The largest absolute Gasteiger partial charge is 0.481 e. The molecule has 2 aliphatic rings. The molecular formula is C33H35N3O5. The maximum Gasteiger partial charge on any atom is 0.407 e. The van der Waals surface area contributed by atoms with Crippen LogP contribution in [0.5, 0.6) is 0 Å². The molecule has 0 bridgehead atoms. The zero-order valence-corrected chi connectivity index (χ0v) is 23.2. The molecule has 3 aromatic rings. The molecule has 0 radical (unpaired) electrons. The number of carbonyl (C=O) groups is 3. The molecule has 3 aromatic carbocycles. The van der Waals surface area contributed by atoms with Gasteiger partial charge in [0.15, 0.2) is 0 Å². The number of allylic oxidation sites excluding steroid dienone is 1. The Morgan fingerprint density at radius 1 is 1.02 bits per heavy atom. The average Bonchev–Trinajstić information content (AvgIpc) is 3.27. The van der Waals surface area contributed by atoms with E-state index in [1.54, 1.807) is 6.08 Å². The number of ether oxygens (including phenoxy) is 1. The van der Waals surface area contributed by atoms with E-state index in [-0.39, 0.29) is 44.5 Å². The van der Waals surface area contributed by atoms with E-state index in [2.05, 4.69) is 24.0 Å². The van der Waals surface area contributed by atoms with Crippen LogP contribution in [0.25, 0.3) is 11.1 Å². The van der Waals surface area contributed by atoms with Crippen LogP contribution in [0, 0.1) is 5.41 Å². The van der Waals surface area contributed by atoms with Crippen LogP contribution in [0.4, 0.5) is 4.79 Å². The van der Waals surface area contributed by atoms with Gasteiger partial charge in [0.2, 0.25) is 5.91 Å². The highest BCUT2D eigenvalue weighted by Gasteiger charge is 2.51. The second kappa shape index (κ2) is 12.0. The van der Waals surface area contributed by atoms with Gasteiger partial charge in [-0.15, -0.1) is 6.58 Å². The van der Waals surface area contributed by atoms with Crippen LogP contribution < -0.4 is 5.32 Å². The van der Waals surface area contributed by atoms with E-state index in [1.165, 1.54) is 4.90 Å². The minimum atomic E-state index is -1.04. The fourth-order valence-corrected chi connectivity index (χ4v) is 5.93. The Balaban J connectivity index is 1.27. The van der Waals surface area contributed by atoms with Gasteiger partial charge < -0.3 is 20.1 Å². The number of rotatable bonds is 11. The number of aliphatic carboxylic acids is 1.